The number of sulfonamides is 2. The summed E-state index contributed by atoms with van der Waals surface area (Å²) in [6.45, 7) is 0. The lowest BCUT2D eigenvalue weighted by Crippen LogP contribution is -2.16. The molecule has 0 bridgehead atoms. The monoisotopic (exact) mass is 320 g/mol. The first-order valence-electron chi connectivity index (χ1n) is 5.04. The third-order valence-electron chi connectivity index (χ3n) is 2.27. The number of imidazole rings is 1. The van der Waals surface area contributed by atoms with Gasteiger partial charge >= 0.3 is 0 Å². The van der Waals surface area contributed by atoms with Crippen LogP contribution in [0, 0.1) is 5.82 Å². The fraction of sp³-hybridized carbons (Fsp3) is 0. The summed E-state index contributed by atoms with van der Waals surface area (Å²) in [7, 11) is -8.17. The van der Waals surface area contributed by atoms with Gasteiger partial charge in [-0.1, -0.05) is 0 Å². The van der Waals surface area contributed by atoms with E-state index in [9.17, 15) is 21.2 Å². The van der Waals surface area contributed by atoms with Gasteiger partial charge in [0, 0.05) is 0 Å². The minimum absolute atomic E-state index is 0.294. The minimum atomic E-state index is -4.10. The second kappa shape index (κ2) is 4.85. The van der Waals surface area contributed by atoms with Crippen molar-refractivity contribution >= 4 is 25.7 Å². The highest BCUT2D eigenvalue weighted by atomic mass is 32.2. The topological polar surface area (TPSA) is 135 Å². The van der Waals surface area contributed by atoms with Crippen molar-refractivity contribution < 1.29 is 21.2 Å². The molecule has 0 aliphatic rings. The summed E-state index contributed by atoms with van der Waals surface area (Å²) in [5, 5.41) is 4.60. The molecule has 4 N–H and O–H groups in total. The Labute approximate surface area is 113 Å². The number of aromatic nitrogens is 2. The molecular formula is C9H9FN4O4S2. The summed E-state index contributed by atoms with van der Waals surface area (Å²) in [6, 6.07) is 2.52. The average Bonchev–Trinajstić information content (AvgIpc) is 2.84. The summed E-state index contributed by atoms with van der Waals surface area (Å²) < 4.78 is 61.4. The van der Waals surface area contributed by atoms with Crippen LogP contribution in [-0.2, 0) is 20.0 Å². The number of benzene rings is 1. The second-order valence-corrected chi connectivity index (χ2v) is 6.92. The van der Waals surface area contributed by atoms with Gasteiger partial charge in [0.25, 0.3) is 10.0 Å². The summed E-state index contributed by atoms with van der Waals surface area (Å²) in [5.74, 6) is -0.944. The van der Waals surface area contributed by atoms with Crippen molar-refractivity contribution in [2.75, 3.05) is 4.72 Å². The molecule has 1 heterocycles. The summed E-state index contributed by atoms with van der Waals surface area (Å²) >= 11 is 0. The molecule has 0 saturated carbocycles. The van der Waals surface area contributed by atoms with Crippen molar-refractivity contribution in [3.8, 4) is 0 Å². The van der Waals surface area contributed by atoms with Gasteiger partial charge in [-0.05, 0) is 18.2 Å². The molecule has 0 radical (unpaired) electrons. The van der Waals surface area contributed by atoms with Crippen LogP contribution >= 0.6 is 0 Å². The van der Waals surface area contributed by atoms with Gasteiger partial charge in [0.1, 0.15) is 5.82 Å². The molecule has 1 aromatic carbocycles. The molecule has 2 rings (SSSR count). The van der Waals surface area contributed by atoms with E-state index in [0.29, 0.717) is 0 Å². The zero-order valence-electron chi connectivity index (χ0n) is 9.74. The van der Waals surface area contributed by atoms with Crippen LogP contribution in [0.3, 0.4) is 0 Å². The van der Waals surface area contributed by atoms with E-state index >= 15 is 0 Å². The van der Waals surface area contributed by atoms with Gasteiger partial charge in [-0.15, -0.1) is 0 Å². The zero-order chi connectivity index (χ0) is 15.0. The third-order valence-corrected chi connectivity index (χ3v) is 4.48. The Morgan fingerprint density at radius 3 is 2.50 bits per heavy atom. The first-order valence-corrected chi connectivity index (χ1v) is 8.06. The molecule has 2 aromatic rings. The van der Waals surface area contributed by atoms with Crippen LogP contribution in [0.4, 0.5) is 10.1 Å². The minimum Gasteiger partial charge on any atom is -0.334 e. The van der Waals surface area contributed by atoms with E-state index in [1.54, 1.807) is 0 Å². The SMILES string of the molecule is NS(=O)(=O)c1ccc(F)c(NS(=O)(=O)c2cnc[nH]2)c1. The molecular weight excluding hydrogens is 311 g/mol. The molecule has 0 saturated heterocycles. The molecule has 0 fully saturated rings. The molecule has 0 atom stereocenters. The van der Waals surface area contributed by atoms with Crippen molar-refractivity contribution in [1.82, 2.24) is 9.97 Å². The molecule has 108 valence electrons. The highest BCUT2D eigenvalue weighted by molar-refractivity contribution is 7.92. The fourth-order valence-corrected chi connectivity index (χ4v) is 2.85. The lowest BCUT2D eigenvalue weighted by molar-refractivity contribution is 0.592. The Hall–Kier alpha value is -1.98. The van der Waals surface area contributed by atoms with Crippen LogP contribution in [0.25, 0.3) is 0 Å². The first kappa shape index (κ1) is 14.4. The van der Waals surface area contributed by atoms with Crippen LogP contribution in [0.1, 0.15) is 0 Å². The molecule has 0 spiro atoms. The molecule has 8 nitrogen and oxygen atoms in total. The number of rotatable bonds is 4. The maximum Gasteiger partial charge on any atom is 0.279 e. The van der Waals surface area contributed by atoms with Gasteiger partial charge in [0.05, 0.1) is 23.1 Å². The van der Waals surface area contributed by atoms with E-state index in [2.05, 4.69) is 9.97 Å². The van der Waals surface area contributed by atoms with E-state index in [0.717, 1.165) is 30.7 Å². The van der Waals surface area contributed by atoms with Crippen LogP contribution in [-0.4, -0.2) is 26.8 Å². The Balaban J connectivity index is 2.44. The van der Waals surface area contributed by atoms with E-state index in [-0.39, 0.29) is 5.03 Å². The maximum absolute atomic E-state index is 13.5. The number of primary sulfonamides is 1. The van der Waals surface area contributed by atoms with Crippen molar-refractivity contribution in [2.45, 2.75) is 9.92 Å². The predicted octanol–water partition coefficient (Wildman–Crippen LogP) is -0.00300. The molecule has 0 unspecified atom stereocenters. The van der Waals surface area contributed by atoms with Crippen molar-refractivity contribution in [2.24, 2.45) is 5.14 Å². The molecule has 0 aliphatic carbocycles. The number of halogens is 1. The Bertz CT molecular complexity index is 831. The fourth-order valence-electron chi connectivity index (χ4n) is 1.35. The van der Waals surface area contributed by atoms with Gasteiger partial charge < -0.3 is 4.98 Å². The highest BCUT2D eigenvalue weighted by Gasteiger charge is 2.19. The Kier molecular flexibility index (Phi) is 3.50. The largest absolute Gasteiger partial charge is 0.334 e. The molecule has 0 aliphatic heterocycles. The van der Waals surface area contributed by atoms with Crippen molar-refractivity contribution in [3.05, 3.63) is 36.5 Å². The van der Waals surface area contributed by atoms with Crippen molar-refractivity contribution in [1.29, 1.82) is 0 Å². The van der Waals surface area contributed by atoms with Crippen LogP contribution in [0.15, 0.2) is 40.6 Å². The van der Waals surface area contributed by atoms with Crippen LogP contribution in [0.5, 0.6) is 0 Å². The quantitative estimate of drug-likeness (QED) is 0.728. The van der Waals surface area contributed by atoms with E-state index in [1.165, 1.54) is 0 Å². The van der Waals surface area contributed by atoms with Gasteiger partial charge in [-0.3, -0.25) is 4.72 Å². The second-order valence-electron chi connectivity index (χ2n) is 3.71. The van der Waals surface area contributed by atoms with E-state index in [4.69, 9.17) is 5.14 Å². The molecule has 11 heteroatoms. The smallest absolute Gasteiger partial charge is 0.279 e. The van der Waals surface area contributed by atoms with E-state index < -0.39 is 36.4 Å². The lowest BCUT2D eigenvalue weighted by Gasteiger charge is -2.08. The summed E-state index contributed by atoms with van der Waals surface area (Å²) in [4.78, 5) is 5.44. The summed E-state index contributed by atoms with van der Waals surface area (Å²) in [5.41, 5.74) is -0.536. The molecule has 20 heavy (non-hydrogen) atoms. The predicted molar refractivity (Wildman–Crippen MR) is 67.2 cm³/mol. The third kappa shape index (κ3) is 2.95. The zero-order valence-corrected chi connectivity index (χ0v) is 11.4. The van der Waals surface area contributed by atoms with Gasteiger partial charge in [0.15, 0.2) is 5.03 Å². The number of nitrogens with one attached hydrogen (secondary N) is 2. The highest BCUT2D eigenvalue weighted by Crippen LogP contribution is 2.21. The Morgan fingerprint density at radius 1 is 1.25 bits per heavy atom. The number of H-pyrrole nitrogens is 1. The number of nitrogens with two attached hydrogens (primary N) is 1. The van der Waals surface area contributed by atoms with Gasteiger partial charge in [0.2, 0.25) is 10.0 Å². The number of aromatic amines is 1. The number of nitrogens with zero attached hydrogens (tertiary/aromatic N) is 1. The van der Waals surface area contributed by atoms with Crippen molar-refractivity contribution in [3.63, 3.8) is 0 Å². The molecule has 0 amide bonds. The lowest BCUT2D eigenvalue weighted by atomic mass is 10.3. The van der Waals surface area contributed by atoms with Gasteiger partial charge in [-0.2, -0.15) is 8.42 Å². The molecule has 1 aromatic heterocycles. The maximum atomic E-state index is 13.5. The standard InChI is InChI=1S/C9H9FN4O4S2/c10-7-2-1-6(19(11,15)16)3-8(7)14-20(17,18)9-4-12-5-13-9/h1-5,14H,(H,12,13)(H2,11,15,16). The average molecular weight is 320 g/mol. The number of hydrogen-bond acceptors (Lipinski definition) is 5. The summed E-state index contributed by atoms with van der Waals surface area (Å²) in [6.07, 6.45) is 2.15. The van der Waals surface area contributed by atoms with Crippen LogP contribution in [0.2, 0.25) is 0 Å². The normalized spacial score (nSPS) is 12.3. The van der Waals surface area contributed by atoms with Gasteiger partial charge in [-0.25, -0.2) is 22.9 Å². The van der Waals surface area contributed by atoms with E-state index in [1.807, 2.05) is 4.72 Å². The number of hydrogen-bond donors (Lipinski definition) is 3. The van der Waals surface area contributed by atoms with Crippen LogP contribution < -0.4 is 9.86 Å². The Morgan fingerprint density at radius 2 is 1.95 bits per heavy atom. The first-order chi connectivity index (χ1) is 9.20. The number of anilines is 1.